The van der Waals surface area contributed by atoms with Crippen LogP contribution in [-0.4, -0.2) is 13.4 Å². The summed E-state index contributed by atoms with van der Waals surface area (Å²) in [6, 6.07) is 14.2. The van der Waals surface area contributed by atoms with Gasteiger partial charge in [0, 0.05) is 12.7 Å². The van der Waals surface area contributed by atoms with Gasteiger partial charge in [-0.05, 0) is 53.4 Å². The molecule has 0 saturated heterocycles. The summed E-state index contributed by atoms with van der Waals surface area (Å²) in [6.45, 7) is 4.33. The molecule has 0 radical (unpaired) electrons. The zero-order valence-corrected chi connectivity index (χ0v) is 15.0. The standard InChI is InChI=1S/C19H20N2O3S/c1-14(2)16-5-7-17(8-6-16)25(22,23)21-13-15-9-10-20-18(12-15)19-4-3-11-24-19/h3-12,14,21H,13H2,1-2H3. The molecule has 2 heterocycles. The molecular formula is C19H20N2O3S. The van der Waals surface area contributed by atoms with E-state index >= 15 is 0 Å². The Bertz CT molecular complexity index is 931. The van der Waals surface area contributed by atoms with E-state index < -0.39 is 10.0 Å². The maximum absolute atomic E-state index is 12.5. The minimum absolute atomic E-state index is 0.185. The average molecular weight is 356 g/mol. The van der Waals surface area contributed by atoms with E-state index in [-0.39, 0.29) is 11.4 Å². The Morgan fingerprint density at radius 3 is 2.52 bits per heavy atom. The highest BCUT2D eigenvalue weighted by atomic mass is 32.2. The lowest BCUT2D eigenvalue weighted by Gasteiger charge is -2.09. The molecule has 3 aromatic rings. The van der Waals surface area contributed by atoms with Crippen LogP contribution in [0.3, 0.4) is 0 Å². The lowest BCUT2D eigenvalue weighted by Crippen LogP contribution is -2.23. The molecule has 0 bridgehead atoms. The Hall–Kier alpha value is -2.44. The third-order valence-corrected chi connectivity index (χ3v) is 5.34. The molecule has 0 saturated carbocycles. The second kappa shape index (κ2) is 7.21. The lowest BCUT2D eigenvalue weighted by molar-refractivity contribution is 0.579. The van der Waals surface area contributed by atoms with E-state index in [1.165, 1.54) is 0 Å². The number of pyridine rings is 1. The summed E-state index contributed by atoms with van der Waals surface area (Å²) in [7, 11) is -3.56. The van der Waals surface area contributed by atoms with E-state index in [1.807, 2.05) is 24.3 Å². The van der Waals surface area contributed by atoms with Gasteiger partial charge in [-0.1, -0.05) is 26.0 Å². The first kappa shape index (κ1) is 17.4. The van der Waals surface area contributed by atoms with Crippen LogP contribution < -0.4 is 4.72 Å². The van der Waals surface area contributed by atoms with Crippen LogP contribution in [0.1, 0.15) is 30.9 Å². The topological polar surface area (TPSA) is 72.2 Å². The summed E-state index contributed by atoms with van der Waals surface area (Å²) in [5.41, 5.74) is 2.59. The largest absolute Gasteiger partial charge is 0.463 e. The van der Waals surface area contributed by atoms with Gasteiger partial charge in [-0.15, -0.1) is 0 Å². The maximum atomic E-state index is 12.5. The first-order valence-corrected chi connectivity index (χ1v) is 9.52. The summed E-state index contributed by atoms with van der Waals surface area (Å²) in [4.78, 5) is 4.50. The van der Waals surface area contributed by atoms with Crippen molar-refractivity contribution in [1.29, 1.82) is 0 Å². The van der Waals surface area contributed by atoms with Gasteiger partial charge in [0.25, 0.3) is 0 Å². The number of benzene rings is 1. The molecule has 0 spiro atoms. The van der Waals surface area contributed by atoms with Crippen molar-refractivity contribution in [3.8, 4) is 11.5 Å². The summed E-state index contributed by atoms with van der Waals surface area (Å²) in [5.74, 6) is 1.01. The quantitative estimate of drug-likeness (QED) is 0.726. The molecule has 2 aromatic heterocycles. The highest BCUT2D eigenvalue weighted by molar-refractivity contribution is 7.89. The van der Waals surface area contributed by atoms with Crippen LogP contribution in [0.5, 0.6) is 0 Å². The van der Waals surface area contributed by atoms with Crippen LogP contribution in [0, 0.1) is 0 Å². The number of hydrogen-bond donors (Lipinski definition) is 1. The van der Waals surface area contributed by atoms with Gasteiger partial charge >= 0.3 is 0 Å². The fourth-order valence-corrected chi connectivity index (χ4v) is 3.45. The van der Waals surface area contributed by atoms with Crippen molar-refractivity contribution in [2.24, 2.45) is 0 Å². The molecule has 0 aliphatic heterocycles. The molecule has 0 unspecified atom stereocenters. The highest BCUT2D eigenvalue weighted by Crippen LogP contribution is 2.19. The lowest BCUT2D eigenvalue weighted by atomic mass is 10.0. The van der Waals surface area contributed by atoms with Crippen molar-refractivity contribution < 1.29 is 12.8 Å². The zero-order valence-electron chi connectivity index (χ0n) is 14.1. The first-order chi connectivity index (χ1) is 12.0. The number of rotatable bonds is 6. The Morgan fingerprint density at radius 2 is 1.88 bits per heavy atom. The average Bonchev–Trinajstić information content (AvgIpc) is 3.15. The van der Waals surface area contributed by atoms with Crippen LogP contribution in [-0.2, 0) is 16.6 Å². The van der Waals surface area contributed by atoms with Gasteiger partial charge < -0.3 is 4.42 Å². The van der Waals surface area contributed by atoms with Crippen molar-refractivity contribution in [2.75, 3.05) is 0 Å². The molecule has 130 valence electrons. The fourth-order valence-electron chi connectivity index (χ4n) is 2.44. The minimum Gasteiger partial charge on any atom is -0.463 e. The van der Waals surface area contributed by atoms with Gasteiger partial charge in [0.1, 0.15) is 5.69 Å². The van der Waals surface area contributed by atoms with E-state index in [1.54, 1.807) is 36.7 Å². The monoisotopic (exact) mass is 356 g/mol. The number of nitrogens with one attached hydrogen (secondary N) is 1. The van der Waals surface area contributed by atoms with Gasteiger partial charge in [0.15, 0.2) is 5.76 Å². The van der Waals surface area contributed by atoms with Crippen LogP contribution in [0.15, 0.2) is 70.3 Å². The van der Waals surface area contributed by atoms with E-state index in [0.717, 1.165) is 11.1 Å². The summed E-state index contributed by atoms with van der Waals surface area (Å²) < 4.78 is 32.9. The van der Waals surface area contributed by atoms with E-state index in [2.05, 4.69) is 23.6 Å². The van der Waals surface area contributed by atoms with Crippen molar-refractivity contribution in [2.45, 2.75) is 31.2 Å². The summed E-state index contributed by atoms with van der Waals surface area (Å²) >= 11 is 0. The molecule has 1 N–H and O–H groups in total. The van der Waals surface area contributed by atoms with Crippen molar-refractivity contribution >= 4 is 10.0 Å². The molecule has 5 nitrogen and oxygen atoms in total. The molecule has 3 rings (SSSR count). The second-order valence-corrected chi connectivity index (χ2v) is 7.84. The maximum Gasteiger partial charge on any atom is 0.240 e. The zero-order chi connectivity index (χ0) is 17.9. The molecule has 1 aromatic carbocycles. The number of nitrogens with zero attached hydrogens (tertiary/aromatic N) is 1. The Labute approximate surface area is 147 Å². The molecule has 6 heteroatoms. The number of furan rings is 1. The van der Waals surface area contributed by atoms with Gasteiger partial charge in [-0.25, -0.2) is 13.1 Å². The van der Waals surface area contributed by atoms with Crippen LogP contribution in [0.25, 0.3) is 11.5 Å². The first-order valence-electron chi connectivity index (χ1n) is 8.04. The van der Waals surface area contributed by atoms with Gasteiger partial charge in [0.2, 0.25) is 10.0 Å². The second-order valence-electron chi connectivity index (χ2n) is 6.07. The molecular weight excluding hydrogens is 336 g/mol. The van der Waals surface area contributed by atoms with Crippen LogP contribution >= 0.6 is 0 Å². The summed E-state index contributed by atoms with van der Waals surface area (Å²) in [6.07, 6.45) is 3.21. The highest BCUT2D eigenvalue weighted by Gasteiger charge is 2.14. The van der Waals surface area contributed by atoms with E-state index in [9.17, 15) is 8.42 Å². The third kappa shape index (κ3) is 4.15. The summed E-state index contributed by atoms with van der Waals surface area (Å²) in [5, 5.41) is 0. The Balaban J connectivity index is 1.73. The van der Waals surface area contributed by atoms with Crippen molar-refractivity contribution in [3.05, 3.63) is 72.1 Å². The molecule has 0 aliphatic carbocycles. The molecule has 0 atom stereocenters. The molecule has 25 heavy (non-hydrogen) atoms. The van der Waals surface area contributed by atoms with Crippen LogP contribution in [0.4, 0.5) is 0 Å². The molecule has 0 aliphatic rings. The number of hydrogen-bond acceptors (Lipinski definition) is 4. The minimum atomic E-state index is -3.56. The Kier molecular flexibility index (Phi) is 5.01. The van der Waals surface area contributed by atoms with Crippen molar-refractivity contribution in [3.63, 3.8) is 0 Å². The molecule has 0 fully saturated rings. The fraction of sp³-hybridized carbons (Fsp3) is 0.211. The van der Waals surface area contributed by atoms with Gasteiger partial charge in [0.05, 0.1) is 11.2 Å². The number of aromatic nitrogens is 1. The van der Waals surface area contributed by atoms with Gasteiger partial charge in [-0.3, -0.25) is 4.98 Å². The van der Waals surface area contributed by atoms with Crippen molar-refractivity contribution in [1.82, 2.24) is 9.71 Å². The van der Waals surface area contributed by atoms with E-state index in [4.69, 9.17) is 4.42 Å². The predicted octanol–water partition coefficient (Wildman–Crippen LogP) is 3.94. The SMILES string of the molecule is CC(C)c1ccc(S(=O)(=O)NCc2ccnc(-c3ccco3)c2)cc1. The smallest absolute Gasteiger partial charge is 0.240 e. The predicted molar refractivity (Wildman–Crippen MR) is 96.5 cm³/mol. The number of sulfonamides is 1. The molecule has 0 amide bonds. The normalized spacial score (nSPS) is 11.8. The third-order valence-electron chi connectivity index (χ3n) is 3.92. The Morgan fingerprint density at radius 1 is 1.12 bits per heavy atom. The van der Waals surface area contributed by atoms with Gasteiger partial charge in [-0.2, -0.15) is 0 Å². The van der Waals surface area contributed by atoms with Crippen LogP contribution in [0.2, 0.25) is 0 Å². The van der Waals surface area contributed by atoms with E-state index in [0.29, 0.717) is 17.4 Å².